The first-order valence-electron chi connectivity index (χ1n) is 8.43. The molecule has 148 valence electrons. The van der Waals surface area contributed by atoms with Gasteiger partial charge in [0, 0.05) is 35.2 Å². The van der Waals surface area contributed by atoms with Crippen LogP contribution in [0, 0.1) is 10.1 Å². The van der Waals surface area contributed by atoms with E-state index in [-0.39, 0.29) is 22.9 Å². The van der Waals surface area contributed by atoms with Crippen LogP contribution < -0.4 is 14.8 Å². The molecule has 1 aromatic heterocycles. The van der Waals surface area contributed by atoms with E-state index in [1.165, 1.54) is 19.2 Å². The molecule has 2 aromatic carbocycles. The highest BCUT2D eigenvalue weighted by Crippen LogP contribution is 2.32. The molecule has 1 N–H and O–H groups in total. The first-order valence-corrected chi connectivity index (χ1v) is 8.81. The summed E-state index contributed by atoms with van der Waals surface area (Å²) < 4.78 is 11.1. The van der Waals surface area contributed by atoms with E-state index in [0.717, 1.165) is 11.6 Å². The van der Waals surface area contributed by atoms with Crippen molar-refractivity contribution in [1.29, 1.82) is 0 Å². The van der Waals surface area contributed by atoms with Crippen molar-refractivity contribution in [2.75, 3.05) is 12.4 Å². The molecule has 0 bridgehead atoms. The Morgan fingerprint density at radius 3 is 2.59 bits per heavy atom. The highest BCUT2D eigenvalue weighted by molar-refractivity contribution is 6.31. The van der Waals surface area contributed by atoms with Crippen LogP contribution in [0.2, 0.25) is 5.02 Å². The molecule has 8 nitrogen and oxygen atoms in total. The lowest BCUT2D eigenvalue weighted by atomic mass is 10.1. The smallest absolute Gasteiger partial charge is 0.283 e. The summed E-state index contributed by atoms with van der Waals surface area (Å²) in [6.45, 7) is 0.277. The number of ether oxygens (including phenoxy) is 2. The number of hydrogen-bond donors (Lipinski definition) is 1. The van der Waals surface area contributed by atoms with E-state index >= 15 is 0 Å². The van der Waals surface area contributed by atoms with Gasteiger partial charge in [0.1, 0.15) is 12.2 Å². The van der Waals surface area contributed by atoms with E-state index in [1.54, 1.807) is 30.6 Å². The van der Waals surface area contributed by atoms with Crippen molar-refractivity contribution in [2.45, 2.75) is 6.61 Å². The quantitative estimate of drug-likeness (QED) is 0.452. The maximum Gasteiger partial charge on any atom is 0.283 e. The van der Waals surface area contributed by atoms with Crippen molar-refractivity contribution in [3.05, 3.63) is 87.2 Å². The van der Waals surface area contributed by atoms with Gasteiger partial charge >= 0.3 is 0 Å². The maximum absolute atomic E-state index is 12.6. The first-order chi connectivity index (χ1) is 14.0. The number of anilines is 1. The molecular formula is C20H16ClN3O5. The van der Waals surface area contributed by atoms with Crippen molar-refractivity contribution < 1.29 is 19.2 Å². The molecule has 3 aromatic rings. The van der Waals surface area contributed by atoms with E-state index in [2.05, 4.69) is 10.3 Å². The summed E-state index contributed by atoms with van der Waals surface area (Å²) in [6, 6.07) is 12.3. The minimum absolute atomic E-state index is 0.102. The third-order valence-electron chi connectivity index (χ3n) is 3.97. The van der Waals surface area contributed by atoms with Gasteiger partial charge in [-0.1, -0.05) is 11.6 Å². The number of nitrogens with one attached hydrogen (secondary N) is 1. The molecule has 0 radical (unpaired) electrons. The zero-order valence-electron chi connectivity index (χ0n) is 15.3. The fourth-order valence-corrected chi connectivity index (χ4v) is 2.72. The van der Waals surface area contributed by atoms with E-state index in [4.69, 9.17) is 21.1 Å². The minimum Gasteiger partial charge on any atom is -0.493 e. The number of benzene rings is 2. The molecule has 0 aliphatic heterocycles. The highest BCUT2D eigenvalue weighted by Gasteiger charge is 2.21. The third kappa shape index (κ3) is 4.99. The van der Waals surface area contributed by atoms with E-state index in [9.17, 15) is 14.9 Å². The molecule has 9 heteroatoms. The number of nitro benzene ring substituents is 1. The van der Waals surface area contributed by atoms with Crippen LogP contribution in [0.3, 0.4) is 0 Å². The lowest BCUT2D eigenvalue weighted by Gasteiger charge is -2.13. The number of carbonyl (C=O) groups is 1. The largest absolute Gasteiger partial charge is 0.493 e. The fraction of sp³-hybridized carbons (Fsp3) is 0.100. The molecule has 0 atom stereocenters. The number of rotatable bonds is 7. The van der Waals surface area contributed by atoms with Crippen LogP contribution in [0.15, 0.2) is 60.9 Å². The predicted octanol–water partition coefficient (Wildman–Crippen LogP) is 4.48. The Bertz CT molecular complexity index is 1040. The number of nitro groups is 1. The number of carbonyl (C=O) groups excluding carboxylic acids is 1. The maximum atomic E-state index is 12.6. The van der Waals surface area contributed by atoms with Crippen LogP contribution in [0.25, 0.3) is 0 Å². The SMILES string of the molecule is COc1ccc(NC(=O)c2ccc(Cl)cc2[N+](=O)[O-])cc1OCc1ccncc1. The molecule has 0 aliphatic rings. The van der Waals surface area contributed by atoms with Crippen molar-refractivity contribution >= 4 is 28.9 Å². The molecule has 0 aliphatic carbocycles. The second-order valence-electron chi connectivity index (χ2n) is 5.88. The Kier molecular flexibility index (Phi) is 6.25. The van der Waals surface area contributed by atoms with Gasteiger partial charge in [0.05, 0.1) is 12.0 Å². The molecule has 0 unspecified atom stereocenters. The number of amides is 1. The van der Waals surface area contributed by atoms with Crippen molar-refractivity contribution in [1.82, 2.24) is 4.98 Å². The van der Waals surface area contributed by atoms with E-state index in [1.807, 2.05) is 12.1 Å². The van der Waals surface area contributed by atoms with Crippen molar-refractivity contribution in [3.63, 3.8) is 0 Å². The van der Waals surface area contributed by atoms with Gasteiger partial charge in [-0.2, -0.15) is 0 Å². The van der Waals surface area contributed by atoms with E-state index < -0.39 is 10.8 Å². The zero-order valence-corrected chi connectivity index (χ0v) is 16.1. The number of pyridine rings is 1. The topological polar surface area (TPSA) is 104 Å². The molecule has 0 spiro atoms. The Morgan fingerprint density at radius 1 is 1.14 bits per heavy atom. The van der Waals surface area contributed by atoms with E-state index in [0.29, 0.717) is 17.2 Å². The average molecular weight is 414 g/mol. The van der Waals surface area contributed by atoms with Gasteiger partial charge in [-0.05, 0) is 42.0 Å². The van der Waals surface area contributed by atoms with Gasteiger partial charge in [-0.15, -0.1) is 0 Å². The summed E-state index contributed by atoms with van der Waals surface area (Å²) in [6.07, 6.45) is 3.32. The monoisotopic (exact) mass is 413 g/mol. The first kappa shape index (κ1) is 20.1. The molecule has 0 saturated carbocycles. The Morgan fingerprint density at radius 2 is 1.90 bits per heavy atom. The summed E-state index contributed by atoms with van der Waals surface area (Å²) in [5.74, 6) is 0.251. The van der Waals surface area contributed by atoms with Gasteiger partial charge < -0.3 is 14.8 Å². The number of methoxy groups -OCH3 is 1. The normalized spacial score (nSPS) is 10.3. The van der Waals surface area contributed by atoms with Gasteiger partial charge in [0.25, 0.3) is 11.6 Å². The number of halogens is 1. The summed E-state index contributed by atoms with van der Waals surface area (Å²) in [5, 5.41) is 14.0. The summed E-state index contributed by atoms with van der Waals surface area (Å²) in [4.78, 5) is 27.1. The van der Waals surface area contributed by atoms with Gasteiger partial charge in [0.2, 0.25) is 0 Å². The number of aromatic nitrogens is 1. The van der Waals surface area contributed by atoms with Crippen LogP contribution in [0.4, 0.5) is 11.4 Å². The minimum atomic E-state index is -0.655. The number of nitrogens with zero attached hydrogens (tertiary/aromatic N) is 2. The van der Waals surface area contributed by atoms with Gasteiger partial charge in [-0.3, -0.25) is 19.9 Å². The molecule has 1 amide bonds. The van der Waals surface area contributed by atoms with Crippen LogP contribution in [0.5, 0.6) is 11.5 Å². The van der Waals surface area contributed by atoms with Crippen molar-refractivity contribution in [2.24, 2.45) is 0 Å². The summed E-state index contributed by atoms with van der Waals surface area (Å²) >= 11 is 5.79. The second-order valence-corrected chi connectivity index (χ2v) is 6.32. The average Bonchev–Trinajstić information content (AvgIpc) is 2.73. The van der Waals surface area contributed by atoms with Crippen molar-refractivity contribution in [3.8, 4) is 11.5 Å². The van der Waals surface area contributed by atoms with Crippen LogP contribution >= 0.6 is 11.6 Å². The fourth-order valence-electron chi connectivity index (χ4n) is 2.55. The Labute approximate surface area is 171 Å². The Balaban J connectivity index is 1.81. The molecular weight excluding hydrogens is 398 g/mol. The summed E-state index contributed by atoms with van der Waals surface area (Å²) in [7, 11) is 1.50. The zero-order chi connectivity index (χ0) is 20.8. The van der Waals surface area contributed by atoms with Gasteiger partial charge in [-0.25, -0.2) is 0 Å². The van der Waals surface area contributed by atoms with Gasteiger partial charge in [0.15, 0.2) is 11.5 Å². The Hall–Kier alpha value is -3.65. The second kappa shape index (κ2) is 9.03. The summed E-state index contributed by atoms with van der Waals surface area (Å²) in [5.41, 5.74) is 0.824. The lowest BCUT2D eigenvalue weighted by molar-refractivity contribution is -0.385. The number of hydrogen-bond acceptors (Lipinski definition) is 6. The third-order valence-corrected chi connectivity index (χ3v) is 4.20. The molecule has 29 heavy (non-hydrogen) atoms. The van der Waals surface area contributed by atoms with Crippen LogP contribution in [-0.2, 0) is 6.61 Å². The molecule has 3 rings (SSSR count). The van der Waals surface area contributed by atoms with Crippen LogP contribution in [-0.4, -0.2) is 22.9 Å². The predicted molar refractivity (Wildman–Crippen MR) is 108 cm³/mol. The molecule has 0 saturated heterocycles. The molecule has 0 fully saturated rings. The highest BCUT2D eigenvalue weighted by atomic mass is 35.5. The standard InChI is InChI=1S/C20H16ClN3O5/c1-28-18-5-3-15(11-19(18)29-12-13-6-8-22-9-7-13)23-20(25)16-4-2-14(21)10-17(16)24(26)27/h2-11H,12H2,1H3,(H,23,25). The van der Waals surface area contributed by atoms with Crippen LogP contribution in [0.1, 0.15) is 15.9 Å². The lowest BCUT2D eigenvalue weighted by Crippen LogP contribution is -2.14. The molecule has 1 heterocycles.